The second kappa shape index (κ2) is 6.73. The van der Waals surface area contributed by atoms with E-state index in [1.54, 1.807) is 17.4 Å². The van der Waals surface area contributed by atoms with Gasteiger partial charge in [-0.1, -0.05) is 12.1 Å². The van der Waals surface area contributed by atoms with Gasteiger partial charge in [0.1, 0.15) is 6.10 Å². The van der Waals surface area contributed by atoms with Crippen LogP contribution in [-0.4, -0.2) is 48.8 Å². The number of nitrogens with zero attached hydrogens (tertiary/aromatic N) is 1. The summed E-state index contributed by atoms with van der Waals surface area (Å²) in [6, 6.07) is 4.18. The van der Waals surface area contributed by atoms with E-state index in [9.17, 15) is 4.79 Å². The molecule has 0 N–H and O–H groups in total. The third-order valence-electron chi connectivity index (χ3n) is 4.19. The van der Waals surface area contributed by atoms with Crippen LogP contribution in [0.1, 0.15) is 17.7 Å². The molecule has 0 spiro atoms. The second-order valence-electron chi connectivity index (χ2n) is 5.48. The standard InChI is InChI=1S/C16H21NO3S/c1-2-8-19-14-6-5-13-16(14)20-9-7-17(13)15(18)11-12-4-3-10-21-12/h2-4,10,13-14,16H,1,5-9,11H2/t13-,14-,16+/m1/s1. The molecule has 2 aliphatic rings. The SMILES string of the molecule is C=CCO[C@@H]1CC[C@@H]2[C@@H]1OCCN2C(=O)Cc1cccs1. The Balaban J connectivity index is 1.64. The lowest BCUT2D eigenvalue weighted by molar-refractivity contribution is -0.150. The molecule has 1 aliphatic carbocycles. The fourth-order valence-electron chi connectivity index (χ4n) is 3.26. The minimum Gasteiger partial charge on any atom is -0.372 e. The first-order valence-electron chi connectivity index (χ1n) is 7.45. The highest BCUT2D eigenvalue weighted by atomic mass is 32.1. The van der Waals surface area contributed by atoms with Crippen molar-refractivity contribution < 1.29 is 14.3 Å². The zero-order valence-electron chi connectivity index (χ0n) is 12.1. The van der Waals surface area contributed by atoms with Crippen LogP contribution < -0.4 is 0 Å². The van der Waals surface area contributed by atoms with Crippen LogP contribution in [-0.2, 0) is 20.7 Å². The number of thiophene rings is 1. The average molecular weight is 307 g/mol. The number of hydrogen-bond donors (Lipinski definition) is 0. The molecule has 0 aromatic carbocycles. The molecule has 1 amide bonds. The van der Waals surface area contributed by atoms with Gasteiger partial charge in [0.2, 0.25) is 5.91 Å². The molecule has 0 unspecified atom stereocenters. The lowest BCUT2D eigenvalue weighted by Crippen LogP contribution is -2.54. The zero-order chi connectivity index (χ0) is 14.7. The van der Waals surface area contributed by atoms with E-state index in [0.717, 1.165) is 17.7 Å². The normalized spacial score (nSPS) is 28.4. The van der Waals surface area contributed by atoms with Crippen molar-refractivity contribution in [1.82, 2.24) is 4.90 Å². The highest BCUT2D eigenvalue weighted by Gasteiger charge is 2.44. The predicted octanol–water partition coefficient (Wildman–Crippen LogP) is 2.25. The van der Waals surface area contributed by atoms with Crippen molar-refractivity contribution in [3.8, 4) is 0 Å². The molecule has 1 saturated heterocycles. The van der Waals surface area contributed by atoms with Crippen molar-refractivity contribution in [3.05, 3.63) is 35.0 Å². The largest absolute Gasteiger partial charge is 0.372 e. The summed E-state index contributed by atoms with van der Waals surface area (Å²) in [7, 11) is 0. The number of carbonyl (C=O) groups is 1. The van der Waals surface area contributed by atoms with Gasteiger partial charge in [0.15, 0.2) is 0 Å². The summed E-state index contributed by atoms with van der Waals surface area (Å²) in [6.45, 7) is 5.52. The van der Waals surface area contributed by atoms with Crippen molar-refractivity contribution in [3.63, 3.8) is 0 Å². The molecule has 0 bridgehead atoms. The number of morpholine rings is 1. The topological polar surface area (TPSA) is 38.8 Å². The van der Waals surface area contributed by atoms with Gasteiger partial charge in [-0.25, -0.2) is 0 Å². The summed E-state index contributed by atoms with van der Waals surface area (Å²) in [4.78, 5) is 15.7. The van der Waals surface area contributed by atoms with E-state index in [0.29, 0.717) is 26.2 Å². The molecule has 1 aromatic rings. The molecular weight excluding hydrogens is 286 g/mol. The highest BCUT2D eigenvalue weighted by molar-refractivity contribution is 7.10. The summed E-state index contributed by atoms with van der Waals surface area (Å²) in [5, 5.41) is 2.01. The molecule has 5 heteroatoms. The first-order valence-corrected chi connectivity index (χ1v) is 8.33. The third kappa shape index (κ3) is 3.20. The van der Waals surface area contributed by atoms with Gasteiger partial charge in [0.25, 0.3) is 0 Å². The van der Waals surface area contributed by atoms with Gasteiger partial charge in [-0.3, -0.25) is 4.79 Å². The van der Waals surface area contributed by atoms with E-state index >= 15 is 0 Å². The Bertz CT molecular complexity index is 488. The van der Waals surface area contributed by atoms with Crippen molar-refractivity contribution >= 4 is 17.2 Å². The van der Waals surface area contributed by atoms with Crippen LogP contribution in [0.4, 0.5) is 0 Å². The number of hydrogen-bond acceptors (Lipinski definition) is 4. The fraction of sp³-hybridized carbons (Fsp3) is 0.562. The fourth-order valence-corrected chi connectivity index (χ4v) is 3.95. The Morgan fingerprint density at radius 2 is 2.48 bits per heavy atom. The third-order valence-corrected chi connectivity index (χ3v) is 5.07. The van der Waals surface area contributed by atoms with Gasteiger partial charge in [-0.15, -0.1) is 17.9 Å². The molecule has 1 aromatic heterocycles. The van der Waals surface area contributed by atoms with E-state index < -0.39 is 0 Å². The minimum atomic E-state index is 0.0194. The quantitative estimate of drug-likeness (QED) is 0.783. The maximum atomic E-state index is 12.5. The number of amides is 1. The molecule has 4 nitrogen and oxygen atoms in total. The van der Waals surface area contributed by atoms with Crippen LogP contribution in [0.3, 0.4) is 0 Å². The van der Waals surface area contributed by atoms with Crippen molar-refractivity contribution in [2.75, 3.05) is 19.8 Å². The zero-order valence-corrected chi connectivity index (χ0v) is 12.9. The van der Waals surface area contributed by atoms with Crippen LogP contribution >= 0.6 is 11.3 Å². The monoisotopic (exact) mass is 307 g/mol. The summed E-state index contributed by atoms with van der Waals surface area (Å²) in [6.07, 6.45) is 4.28. The Kier molecular flexibility index (Phi) is 4.73. The van der Waals surface area contributed by atoms with Gasteiger partial charge < -0.3 is 14.4 Å². The second-order valence-corrected chi connectivity index (χ2v) is 6.52. The summed E-state index contributed by atoms with van der Waals surface area (Å²) >= 11 is 1.64. The van der Waals surface area contributed by atoms with Gasteiger partial charge >= 0.3 is 0 Å². The number of fused-ring (bicyclic) bond motifs is 1. The molecule has 2 fully saturated rings. The van der Waals surface area contributed by atoms with Crippen molar-refractivity contribution in [2.24, 2.45) is 0 Å². The molecule has 21 heavy (non-hydrogen) atoms. The van der Waals surface area contributed by atoms with Gasteiger partial charge in [0.05, 0.1) is 31.8 Å². The van der Waals surface area contributed by atoms with E-state index in [1.807, 2.05) is 22.4 Å². The lowest BCUT2D eigenvalue weighted by atomic mass is 10.1. The van der Waals surface area contributed by atoms with Crippen LogP contribution in [0.2, 0.25) is 0 Å². The van der Waals surface area contributed by atoms with Crippen molar-refractivity contribution in [2.45, 2.75) is 37.5 Å². The average Bonchev–Trinajstić information content (AvgIpc) is 3.14. The van der Waals surface area contributed by atoms with Crippen LogP contribution in [0.25, 0.3) is 0 Å². The Labute approximate surface area is 129 Å². The molecule has 3 atom stereocenters. The van der Waals surface area contributed by atoms with Gasteiger partial charge in [-0.2, -0.15) is 0 Å². The minimum absolute atomic E-state index is 0.0194. The smallest absolute Gasteiger partial charge is 0.228 e. The first kappa shape index (κ1) is 14.8. The molecule has 3 rings (SSSR count). The number of ether oxygens (including phenoxy) is 2. The van der Waals surface area contributed by atoms with Crippen LogP contribution in [0.15, 0.2) is 30.2 Å². The molecule has 2 heterocycles. The maximum absolute atomic E-state index is 12.5. The van der Waals surface area contributed by atoms with E-state index in [2.05, 4.69) is 6.58 Å². The van der Waals surface area contributed by atoms with Gasteiger partial charge in [0, 0.05) is 11.4 Å². The molecule has 114 valence electrons. The van der Waals surface area contributed by atoms with E-state index in [-0.39, 0.29) is 24.2 Å². The highest BCUT2D eigenvalue weighted by Crippen LogP contribution is 2.32. The summed E-state index contributed by atoms with van der Waals surface area (Å²) < 4.78 is 11.7. The summed E-state index contributed by atoms with van der Waals surface area (Å²) in [5.41, 5.74) is 0. The lowest BCUT2D eigenvalue weighted by Gasteiger charge is -2.39. The number of rotatable bonds is 5. The molecular formula is C16H21NO3S. The molecule has 0 radical (unpaired) electrons. The molecule has 1 saturated carbocycles. The Morgan fingerprint density at radius 1 is 1.57 bits per heavy atom. The Morgan fingerprint density at radius 3 is 3.24 bits per heavy atom. The van der Waals surface area contributed by atoms with Gasteiger partial charge in [-0.05, 0) is 24.3 Å². The Hall–Kier alpha value is -1.17. The first-order chi connectivity index (χ1) is 10.3. The van der Waals surface area contributed by atoms with Crippen molar-refractivity contribution in [1.29, 1.82) is 0 Å². The molecule has 1 aliphatic heterocycles. The predicted molar refractivity (Wildman–Crippen MR) is 82.4 cm³/mol. The maximum Gasteiger partial charge on any atom is 0.228 e. The van der Waals surface area contributed by atoms with E-state index in [1.165, 1.54) is 0 Å². The van der Waals surface area contributed by atoms with Crippen LogP contribution in [0.5, 0.6) is 0 Å². The number of carbonyl (C=O) groups excluding carboxylic acids is 1. The van der Waals surface area contributed by atoms with E-state index in [4.69, 9.17) is 9.47 Å². The summed E-state index contributed by atoms with van der Waals surface area (Å²) in [5.74, 6) is 0.208. The van der Waals surface area contributed by atoms with Crippen LogP contribution in [0, 0.1) is 0 Å².